The molecule has 1 atom stereocenters. The minimum absolute atomic E-state index is 0.328. The summed E-state index contributed by atoms with van der Waals surface area (Å²) in [5.74, 6) is 1.94. The van der Waals surface area contributed by atoms with Crippen LogP contribution in [0.4, 0.5) is 5.69 Å². The molecule has 0 N–H and O–H groups in total. The zero-order valence-electron chi connectivity index (χ0n) is 15.0. The molecule has 1 spiro atoms. The molecule has 1 fully saturated rings. The molecule has 5 heterocycles. The van der Waals surface area contributed by atoms with Crippen molar-refractivity contribution in [1.82, 2.24) is 0 Å². The number of hydrogen-bond donors (Lipinski definition) is 0. The Hall–Kier alpha value is -2.79. The molecule has 4 aliphatic heterocycles. The molecule has 1 aromatic heterocycles. The molecule has 0 radical (unpaired) electrons. The van der Waals surface area contributed by atoms with Gasteiger partial charge in [0, 0.05) is 0 Å². The number of benzene rings is 2. The van der Waals surface area contributed by atoms with E-state index in [1.807, 2.05) is 0 Å². The van der Waals surface area contributed by atoms with Gasteiger partial charge >= 0.3 is 158 Å². The first-order valence-corrected chi connectivity index (χ1v) is 12.3. The van der Waals surface area contributed by atoms with Crippen LogP contribution in [0.1, 0.15) is 24.8 Å². The molecule has 0 aliphatic carbocycles. The van der Waals surface area contributed by atoms with Gasteiger partial charge in [-0.05, 0) is 0 Å². The number of rotatable bonds is 0. The minimum atomic E-state index is -3.69. The molecule has 0 amide bonds. The zero-order chi connectivity index (χ0) is 17.7. The summed E-state index contributed by atoms with van der Waals surface area (Å²) < 4.78 is 19.1. The van der Waals surface area contributed by atoms with Gasteiger partial charge in [-0.2, -0.15) is 0 Å². The number of nitrogens with zero attached hydrogens (tertiary/aromatic N) is 2. The van der Waals surface area contributed by atoms with E-state index in [2.05, 4.69) is 75.7 Å². The maximum atomic E-state index is 7.07. The van der Waals surface area contributed by atoms with Crippen LogP contribution in [0.5, 0.6) is 11.5 Å². The van der Waals surface area contributed by atoms with Crippen LogP contribution in [0, 0.1) is 0 Å². The van der Waals surface area contributed by atoms with Crippen molar-refractivity contribution < 1.29 is 13.1 Å². The van der Waals surface area contributed by atoms with E-state index >= 15 is 0 Å². The number of hydrogen-bond acceptors (Lipinski definition) is 3. The van der Waals surface area contributed by atoms with E-state index in [-0.39, 0.29) is 0 Å². The molecular weight excluding hydrogens is 352 g/mol. The van der Waals surface area contributed by atoms with Crippen LogP contribution in [0.15, 0.2) is 60.8 Å². The summed E-state index contributed by atoms with van der Waals surface area (Å²) in [6.45, 7) is 0. The average Bonchev–Trinajstić information content (AvgIpc) is 3.08. The van der Waals surface area contributed by atoms with Gasteiger partial charge in [-0.3, -0.25) is 0 Å². The molecular formula is C22H20N2O2Si. The summed E-state index contributed by atoms with van der Waals surface area (Å²) in [7, 11) is -3.69. The molecule has 1 saturated heterocycles. The van der Waals surface area contributed by atoms with Gasteiger partial charge in [-0.1, -0.05) is 0 Å². The van der Waals surface area contributed by atoms with E-state index in [1.54, 1.807) is 0 Å². The van der Waals surface area contributed by atoms with Gasteiger partial charge in [0.05, 0.1) is 0 Å². The molecule has 5 heteroatoms. The summed E-state index contributed by atoms with van der Waals surface area (Å²) in [5.41, 5.74) is 3.65. The maximum absolute atomic E-state index is 7.07. The Morgan fingerprint density at radius 1 is 0.963 bits per heavy atom. The third-order valence-corrected chi connectivity index (χ3v) is 12.1. The van der Waals surface area contributed by atoms with Crippen molar-refractivity contribution in [3.63, 3.8) is 0 Å². The number of anilines is 1. The predicted molar refractivity (Wildman–Crippen MR) is 107 cm³/mol. The van der Waals surface area contributed by atoms with Crippen LogP contribution in [0.25, 0.3) is 17.0 Å². The zero-order valence-corrected chi connectivity index (χ0v) is 16.0. The fourth-order valence-corrected chi connectivity index (χ4v) is 11.9. The van der Waals surface area contributed by atoms with Crippen LogP contribution in [0.3, 0.4) is 0 Å². The van der Waals surface area contributed by atoms with Crippen molar-refractivity contribution in [3.05, 3.63) is 66.4 Å². The monoisotopic (exact) mass is 372 g/mol. The van der Waals surface area contributed by atoms with E-state index in [1.165, 1.54) is 28.6 Å². The summed E-state index contributed by atoms with van der Waals surface area (Å²) in [6.07, 6.45) is 10.3. The summed E-state index contributed by atoms with van der Waals surface area (Å²) in [4.78, 5) is 0. The van der Waals surface area contributed by atoms with E-state index in [9.17, 15) is 0 Å². The van der Waals surface area contributed by atoms with Crippen molar-refractivity contribution in [3.8, 4) is 11.5 Å². The first-order valence-electron chi connectivity index (χ1n) is 9.89. The normalized spacial score (nSPS) is 26.0. The van der Waals surface area contributed by atoms with Gasteiger partial charge < -0.3 is 0 Å². The van der Waals surface area contributed by atoms with Gasteiger partial charge in [-0.15, -0.1) is 0 Å². The summed E-state index contributed by atoms with van der Waals surface area (Å²) in [5, 5.41) is 1.21. The molecule has 2 aromatic carbocycles. The Morgan fingerprint density at radius 3 is 2.81 bits per heavy atom. The standard InChI is InChI=1S/C22H20N2O2Si/c1-2-15-27(23-14-5-8-16-6-3-10-19(25-27)21(16)23)24-18(9-1)13-12-17-7-4-11-20(26-27)22(17)24/h3-8,10-14,18H,1-2,9,15H2/t18-/m0/s1. The Morgan fingerprint density at radius 2 is 1.81 bits per heavy atom. The second kappa shape index (κ2) is 4.36. The second-order valence-electron chi connectivity index (χ2n) is 8.17. The molecule has 3 aromatic rings. The van der Waals surface area contributed by atoms with Crippen LogP contribution in [0.2, 0.25) is 6.04 Å². The molecule has 0 bridgehead atoms. The topological polar surface area (TPSA) is 25.6 Å². The first kappa shape index (κ1) is 14.3. The van der Waals surface area contributed by atoms with Gasteiger partial charge in [0.15, 0.2) is 0 Å². The SMILES string of the molecule is C1=C[C@@H]2CCCC[Si-]34(Oc5cccc1c5N23)Oc1cccc2ccc[n+]4c12. The average molecular weight is 373 g/mol. The van der Waals surface area contributed by atoms with E-state index in [0.717, 1.165) is 30.4 Å². The van der Waals surface area contributed by atoms with Crippen molar-refractivity contribution in [2.45, 2.75) is 31.3 Å². The van der Waals surface area contributed by atoms with E-state index in [0.29, 0.717) is 6.04 Å². The Balaban J connectivity index is 1.64. The Kier molecular flexibility index (Phi) is 2.31. The van der Waals surface area contributed by atoms with E-state index in [4.69, 9.17) is 8.85 Å². The van der Waals surface area contributed by atoms with Gasteiger partial charge in [-0.25, -0.2) is 0 Å². The summed E-state index contributed by atoms with van der Waals surface area (Å²) >= 11 is 0. The quantitative estimate of drug-likeness (QED) is 0.552. The number of aromatic nitrogens is 1. The van der Waals surface area contributed by atoms with Crippen molar-refractivity contribution in [1.29, 1.82) is 0 Å². The van der Waals surface area contributed by atoms with Crippen molar-refractivity contribution in [2.75, 3.05) is 4.57 Å². The van der Waals surface area contributed by atoms with Gasteiger partial charge in [0.25, 0.3) is 0 Å². The Labute approximate surface area is 158 Å². The second-order valence-corrected chi connectivity index (χ2v) is 12.3. The Bertz CT molecular complexity index is 1190. The van der Waals surface area contributed by atoms with Crippen LogP contribution < -0.4 is 17.7 Å². The third-order valence-electron chi connectivity index (χ3n) is 6.82. The fourth-order valence-electron chi connectivity index (χ4n) is 5.84. The molecule has 4 aliphatic rings. The molecule has 0 saturated carbocycles. The predicted octanol–water partition coefficient (Wildman–Crippen LogP) is 4.24. The molecule has 7 rings (SSSR count). The summed E-state index contributed by atoms with van der Waals surface area (Å²) in [6, 6.07) is 18.3. The van der Waals surface area contributed by atoms with Crippen LogP contribution >= 0.6 is 0 Å². The fraction of sp³-hybridized carbons (Fsp3) is 0.227. The molecule has 27 heavy (non-hydrogen) atoms. The third kappa shape index (κ3) is 1.44. The molecule has 134 valence electrons. The van der Waals surface area contributed by atoms with Gasteiger partial charge in [0.1, 0.15) is 0 Å². The number of para-hydroxylation sites is 2. The van der Waals surface area contributed by atoms with E-state index < -0.39 is 8.16 Å². The van der Waals surface area contributed by atoms with Crippen molar-refractivity contribution >= 4 is 30.8 Å². The van der Waals surface area contributed by atoms with Crippen LogP contribution in [-0.4, -0.2) is 14.2 Å². The van der Waals surface area contributed by atoms with Crippen LogP contribution in [-0.2, 0) is 0 Å². The molecule has 4 nitrogen and oxygen atoms in total. The molecule has 0 unspecified atom stereocenters. The van der Waals surface area contributed by atoms with Crippen molar-refractivity contribution in [2.24, 2.45) is 0 Å². The van der Waals surface area contributed by atoms with Gasteiger partial charge in [0.2, 0.25) is 0 Å². The number of pyridine rings is 1. The first-order chi connectivity index (χ1) is 13.3.